The molecular formula is C14H17NO3. The lowest BCUT2D eigenvalue weighted by Crippen LogP contribution is -2.24. The Kier molecular flexibility index (Phi) is 3.55. The van der Waals surface area contributed by atoms with Crippen molar-refractivity contribution < 1.29 is 14.3 Å². The molecule has 4 nitrogen and oxygen atoms in total. The van der Waals surface area contributed by atoms with Gasteiger partial charge in [-0.25, -0.2) is 0 Å². The van der Waals surface area contributed by atoms with Crippen molar-refractivity contribution in [2.24, 2.45) is 5.92 Å². The Morgan fingerprint density at radius 1 is 1.33 bits per heavy atom. The molecule has 1 fully saturated rings. The molecule has 2 rings (SSSR count). The molecule has 1 atom stereocenters. The third-order valence-electron chi connectivity index (χ3n) is 3.17. The number of carbonyl (C=O) groups is 1. The van der Waals surface area contributed by atoms with E-state index in [-0.39, 0.29) is 11.8 Å². The molecule has 1 heterocycles. The van der Waals surface area contributed by atoms with Crippen LogP contribution < -0.4 is 14.4 Å². The second-order valence-electron chi connectivity index (χ2n) is 4.24. The maximum Gasteiger partial charge on any atom is 0.227 e. The van der Waals surface area contributed by atoms with Gasteiger partial charge in [-0.1, -0.05) is 6.08 Å². The third-order valence-corrected chi connectivity index (χ3v) is 3.17. The van der Waals surface area contributed by atoms with Crippen LogP contribution in [0.3, 0.4) is 0 Å². The van der Waals surface area contributed by atoms with Crippen molar-refractivity contribution in [1.82, 2.24) is 0 Å². The molecule has 0 radical (unpaired) electrons. The van der Waals surface area contributed by atoms with E-state index >= 15 is 0 Å². The maximum absolute atomic E-state index is 11.9. The highest BCUT2D eigenvalue weighted by Crippen LogP contribution is 2.34. The van der Waals surface area contributed by atoms with E-state index in [1.807, 2.05) is 24.3 Å². The molecule has 1 aliphatic rings. The van der Waals surface area contributed by atoms with Gasteiger partial charge in [0.1, 0.15) is 0 Å². The van der Waals surface area contributed by atoms with Crippen molar-refractivity contribution >= 4 is 11.6 Å². The summed E-state index contributed by atoms with van der Waals surface area (Å²) < 4.78 is 10.4. The lowest BCUT2D eigenvalue weighted by Gasteiger charge is -2.18. The van der Waals surface area contributed by atoms with Crippen molar-refractivity contribution in [2.45, 2.75) is 6.42 Å². The lowest BCUT2D eigenvalue weighted by molar-refractivity contribution is -0.117. The molecule has 96 valence electrons. The highest BCUT2D eigenvalue weighted by Gasteiger charge is 2.29. The molecule has 1 unspecified atom stereocenters. The fraction of sp³-hybridized carbons (Fsp3) is 0.357. The second-order valence-corrected chi connectivity index (χ2v) is 4.24. The fourth-order valence-corrected chi connectivity index (χ4v) is 2.14. The van der Waals surface area contributed by atoms with Crippen LogP contribution >= 0.6 is 0 Å². The summed E-state index contributed by atoms with van der Waals surface area (Å²) in [6, 6.07) is 5.50. The van der Waals surface area contributed by atoms with Gasteiger partial charge in [0, 0.05) is 30.6 Å². The zero-order valence-electron chi connectivity index (χ0n) is 10.7. The number of carbonyl (C=O) groups excluding carboxylic acids is 1. The number of benzene rings is 1. The number of amides is 1. The zero-order chi connectivity index (χ0) is 13.1. The van der Waals surface area contributed by atoms with Gasteiger partial charge in [0.15, 0.2) is 11.5 Å². The summed E-state index contributed by atoms with van der Waals surface area (Å²) in [7, 11) is 3.17. The Morgan fingerprint density at radius 2 is 2.06 bits per heavy atom. The molecule has 1 aliphatic heterocycles. The SMILES string of the molecule is C=CC1CC(=O)N(c2ccc(OC)c(OC)c2)C1. The first-order chi connectivity index (χ1) is 8.69. The van der Waals surface area contributed by atoms with Crippen molar-refractivity contribution in [1.29, 1.82) is 0 Å². The molecule has 18 heavy (non-hydrogen) atoms. The smallest absolute Gasteiger partial charge is 0.227 e. The minimum atomic E-state index is 0.118. The molecule has 1 saturated heterocycles. The predicted molar refractivity (Wildman–Crippen MR) is 70.2 cm³/mol. The molecule has 0 spiro atoms. The fourth-order valence-electron chi connectivity index (χ4n) is 2.14. The minimum Gasteiger partial charge on any atom is -0.493 e. The van der Waals surface area contributed by atoms with Crippen LogP contribution in [0.5, 0.6) is 11.5 Å². The summed E-state index contributed by atoms with van der Waals surface area (Å²) in [6.07, 6.45) is 2.36. The van der Waals surface area contributed by atoms with Gasteiger partial charge in [-0.3, -0.25) is 4.79 Å². The molecule has 1 aromatic rings. The normalized spacial score (nSPS) is 18.9. The van der Waals surface area contributed by atoms with Gasteiger partial charge in [0.25, 0.3) is 0 Å². The first-order valence-corrected chi connectivity index (χ1v) is 5.84. The van der Waals surface area contributed by atoms with Crippen LogP contribution in [0.25, 0.3) is 0 Å². The van der Waals surface area contributed by atoms with Gasteiger partial charge < -0.3 is 14.4 Å². The average Bonchev–Trinajstić information content (AvgIpc) is 2.79. The van der Waals surface area contributed by atoms with E-state index in [9.17, 15) is 4.79 Å². The maximum atomic E-state index is 11.9. The van der Waals surface area contributed by atoms with Crippen molar-refractivity contribution in [2.75, 3.05) is 25.7 Å². The Bertz CT molecular complexity index is 470. The number of hydrogen-bond donors (Lipinski definition) is 0. The highest BCUT2D eigenvalue weighted by atomic mass is 16.5. The van der Waals surface area contributed by atoms with Gasteiger partial charge in [0.2, 0.25) is 5.91 Å². The second kappa shape index (κ2) is 5.12. The van der Waals surface area contributed by atoms with E-state index < -0.39 is 0 Å². The van der Waals surface area contributed by atoms with E-state index in [1.54, 1.807) is 19.1 Å². The van der Waals surface area contributed by atoms with Crippen LogP contribution in [-0.4, -0.2) is 26.7 Å². The summed E-state index contributed by atoms with van der Waals surface area (Å²) in [5, 5.41) is 0. The van der Waals surface area contributed by atoms with E-state index in [2.05, 4.69) is 6.58 Å². The Hall–Kier alpha value is -1.97. The highest BCUT2D eigenvalue weighted by molar-refractivity contribution is 5.96. The zero-order valence-corrected chi connectivity index (χ0v) is 10.7. The topological polar surface area (TPSA) is 38.8 Å². The minimum absolute atomic E-state index is 0.118. The van der Waals surface area contributed by atoms with Gasteiger partial charge in [-0.05, 0) is 12.1 Å². The van der Waals surface area contributed by atoms with Crippen LogP contribution in [0.4, 0.5) is 5.69 Å². The molecule has 0 N–H and O–H groups in total. The number of nitrogens with zero attached hydrogens (tertiary/aromatic N) is 1. The van der Waals surface area contributed by atoms with E-state index in [1.165, 1.54) is 0 Å². The molecule has 0 bridgehead atoms. The Labute approximate surface area is 107 Å². The molecule has 1 amide bonds. The first-order valence-electron chi connectivity index (χ1n) is 5.84. The van der Waals surface area contributed by atoms with Gasteiger partial charge in [-0.15, -0.1) is 6.58 Å². The van der Waals surface area contributed by atoms with Crippen molar-refractivity contribution in [3.63, 3.8) is 0 Å². The van der Waals surface area contributed by atoms with Crippen molar-refractivity contribution in [3.05, 3.63) is 30.9 Å². The van der Waals surface area contributed by atoms with Crippen LogP contribution in [0.15, 0.2) is 30.9 Å². The Balaban J connectivity index is 2.29. The summed E-state index contributed by atoms with van der Waals surface area (Å²) in [4.78, 5) is 13.7. The molecule has 4 heteroatoms. The van der Waals surface area contributed by atoms with Crippen LogP contribution in [0, 0.1) is 5.92 Å². The molecule has 1 aromatic carbocycles. The molecule has 0 aliphatic carbocycles. The van der Waals surface area contributed by atoms with Gasteiger partial charge >= 0.3 is 0 Å². The molecule has 0 saturated carbocycles. The summed E-state index contributed by atoms with van der Waals surface area (Å²) >= 11 is 0. The quantitative estimate of drug-likeness (QED) is 0.766. The standard InChI is InChI=1S/C14H17NO3/c1-4-10-7-14(16)15(9-10)11-5-6-12(17-2)13(8-11)18-3/h4-6,8,10H,1,7,9H2,2-3H3. The third kappa shape index (κ3) is 2.18. The van der Waals surface area contributed by atoms with Gasteiger partial charge in [-0.2, -0.15) is 0 Å². The molecule has 0 aromatic heterocycles. The Morgan fingerprint density at radius 3 is 2.61 bits per heavy atom. The number of methoxy groups -OCH3 is 2. The van der Waals surface area contributed by atoms with E-state index in [4.69, 9.17) is 9.47 Å². The van der Waals surface area contributed by atoms with Gasteiger partial charge in [0.05, 0.1) is 14.2 Å². The number of anilines is 1. The predicted octanol–water partition coefficient (Wildman–Crippen LogP) is 2.24. The average molecular weight is 247 g/mol. The van der Waals surface area contributed by atoms with Crippen LogP contribution in [-0.2, 0) is 4.79 Å². The van der Waals surface area contributed by atoms with Crippen LogP contribution in [0.1, 0.15) is 6.42 Å². The number of hydrogen-bond acceptors (Lipinski definition) is 3. The monoisotopic (exact) mass is 247 g/mol. The lowest BCUT2D eigenvalue weighted by atomic mass is 10.1. The van der Waals surface area contributed by atoms with Crippen molar-refractivity contribution in [3.8, 4) is 11.5 Å². The van der Waals surface area contributed by atoms with E-state index in [0.29, 0.717) is 24.5 Å². The largest absolute Gasteiger partial charge is 0.493 e. The first kappa shape index (κ1) is 12.5. The summed E-state index contributed by atoms with van der Waals surface area (Å²) in [5.41, 5.74) is 0.835. The number of ether oxygens (including phenoxy) is 2. The van der Waals surface area contributed by atoms with Crippen LogP contribution in [0.2, 0.25) is 0 Å². The van der Waals surface area contributed by atoms with E-state index in [0.717, 1.165) is 5.69 Å². The molecular weight excluding hydrogens is 230 g/mol. The summed E-state index contributed by atoms with van der Waals surface area (Å²) in [6.45, 7) is 4.42. The summed E-state index contributed by atoms with van der Waals surface area (Å²) in [5.74, 6) is 1.63. The number of rotatable bonds is 4.